The molecule has 2 rings (SSSR count). The predicted octanol–water partition coefficient (Wildman–Crippen LogP) is 3.70. The van der Waals surface area contributed by atoms with Crippen LogP contribution < -0.4 is 4.72 Å². The maximum absolute atomic E-state index is 13.6. The van der Waals surface area contributed by atoms with Crippen molar-refractivity contribution in [1.82, 2.24) is 0 Å². The van der Waals surface area contributed by atoms with Crippen molar-refractivity contribution in [1.29, 1.82) is 0 Å². The van der Waals surface area contributed by atoms with Gasteiger partial charge in [0.15, 0.2) is 5.78 Å². The lowest BCUT2D eigenvalue weighted by Gasteiger charge is -2.12. The summed E-state index contributed by atoms with van der Waals surface area (Å²) in [4.78, 5) is 12.6. The van der Waals surface area contributed by atoms with Crippen LogP contribution in [-0.2, 0) is 10.0 Å². The van der Waals surface area contributed by atoms with E-state index in [1.165, 1.54) is 30.3 Å². The third kappa shape index (κ3) is 5.04. The fourth-order valence-electron chi connectivity index (χ4n) is 1.97. The van der Waals surface area contributed by atoms with Crippen molar-refractivity contribution in [3.63, 3.8) is 0 Å². The van der Waals surface area contributed by atoms with Crippen molar-refractivity contribution < 1.29 is 22.0 Å². The van der Waals surface area contributed by atoms with Gasteiger partial charge in [-0.05, 0) is 43.3 Å². The molecule has 0 radical (unpaired) electrons. The van der Waals surface area contributed by atoms with Gasteiger partial charge < -0.3 is 0 Å². The monoisotopic (exact) mass is 371 g/mol. The second-order valence-corrected chi connectivity index (χ2v) is 8.28. The van der Waals surface area contributed by atoms with E-state index < -0.39 is 26.9 Å². The van der Waals surface area contributed by atoms with Crippen LogP contribution in [0.15, 0.2) is 47.4 Å². The highest BCUT2D eigenvalue weighted by Crippen LogP contribution is 2.28. The number of benzene rings is 2. The van der Waals surface area contributed by atoms with E-state index in [1.807, 2.05) is 0 Å². The maximum atomic E-state index is 13.6. The Morgan fingerprint density at radius 2 is 1.75 bits per heavy atom. The SMILES string of the molecule is C[C@@H](Sc1ccc(F)cc1F)C(=O)c1ccc(NS(C)(=O)=O)cc1. The molecule has 0 aliphatic rings. The Bertz CT molecular complexity index is 852. The number of sulfonamides is 1. The Labute approximate surface area is 143 Å². The molecule has 0 aromatic heterocycles. The van der Waals surface area contributed by atoms with Gasteiger partial charge in [0, 0.05) is 22.2 Å². The molecule has 2 aromatic carbocycles. The van der Waals surface area contributed by atoms with Crippen LogP contribution in [-0.4, -0.2) is 25.7 Å². The van der Waals surface area contributed by atoms with Gasteiger partial charge in [-0.1, -0.05) is 0 Å². The molecule has 0 aliphatic heterocycles. The summed E-state index contributed by atoms with van der Waals surface area (Å²) < 4.78 is 51.1. The summed E-state index contributed by atoms with van der Waals surface area (Å²) in [5, 5.41) is -0.585. The van der Waals surface area contributed by atoms with Crippen molar-refractivity contribution >= 4 is 33.3 Å². The maximum Gasteiger partial charge on any atom is 0.229 e. The van der Waals surface area contributed by atoms with Crippen molar-refractivity contribution in [2.24, 2.45) is 0 Å². The Hall–Kier alpha value is -1.93. The van der Waals surface area contributed by atoms with Gasteiger partial charge in [0.05, 0.1) is 11.5 Å². The first kappa shape index (κ1) is 18.4. The zero-order valence-electron chi connectivity index (χ0n) is 12.9. The van der Waals surface area contributed by atoms with E-state index in [1.54, 1.807) is 6.92 Å². The molecule has 0 bridgehead atoms. The number of anilines is 1. The van der Waals surface area contributed by atoms with E-state index in [2.05, 4.69) is 4.72 Å². The smallest absolute Gasteiger partial charge is 0.229 e. The van der Waals surface area contributed by atoms with Gasteiger partial charge in [-0.25, -0.2) is 17.2 Å². The van der Waals surface area contributed by atoms with Crippen LogP contribution in [0.1, 0.15) is 17.3 Å². The summed E-state index contributed by atoms with van der Waals surface area (Å²) in [6.07, 6.45) is 1.03. The fraction of sp³-hybridized carbons (Fsp3) is 0.188. The molecule has 4 nitrogen and oxygen atoms in total. The van der Waals surface area contributed by atoms with Crippen molar-refractivity contribution in [3.05, 3.63) is 59.7 Å². The largest absolute Gasteiger partial charge is 0.293 e. The molecular formula is C16H15F2NO3S2. The standard InChI is InChI=1S/C16H15F2NO3S2/c1-10(23-15-8-5-12(17)9-14(15)18)16(20)11-3-6-13(7-4-11)19-24(2,21)22/h3-10,19H,1-2H3/t10-/m1/s1. The van der Waals surface area contributed by atoms with E-state index in [-0.39, 0.29) is 10.7 Å². The van der Waals surface area contributed by atoms with Crippen LogP contribution >= 0.6 is 11.8 Å². The average Bonchev–Trinajstić information content (AvgIpc) is 2.48. The molecule has 0 heterocycles. The zero-order valence-corrected chi connectivity index (χ0v) is 14.5. The fourth-order valence-corrected chi connectivity index (χ4v) is 3.47. The van der Waals surface area contributed by atoms with Crippen molar-refractivity contribution in [2.45, 2.75) is 17.1 Å². The number of hydrogen-bond donors (Lipinski definition) is 1. The molecule has 2 aromatic rings. The first-order valence-electron chi connectivity index (χ1n) is 6.89. The lowest BCUT2D eigenvalue weighted by atomic mass is 10.1. The molecule has 1 atom stereocenters. The van der Waals surface area contributed by atoms with E-state index in [0.29, 0.717) is 11.3 Å². The first-order valence-corrected chi connectivity index (χ1v) is 9.66. The third-order valence-electron chi connectivity index (χ3n) is 3.04. The predicted molar refractivity (Wildman–Crippen MR) is 90.9 cm³/mol. The Morgan fingerprint density at radius 1 is 1.12 bits per heavy atom. The van der Waals surface area contributed by atoms with Crippen molar-refractivity contribution in [2.75, 3.05) is 11.0 Å². The number of thioether (sulfide) groups is 1. The molecular weight excluding hydrogens is 356 g/mol. The van der Waals surface area contributed by atoms with Gasteiger partial charge in [-0.15, -0.1) is 11.8 Å². The van der Waals surface area contributed by atoms with Crippen LogP contribution in [0.4, 0.5) is 14.5 Å². The molecule has 8 heteroatoms. The van der Waals surface area contributed by atoms with E-state index in [0.717, 1.165) is 30.2 Å². The van der Waals surface area contributed by atoms with Crippen LogP contribution in [0.3, 0.4) is 0 Å². The van der Waals surface area contributed by atoms with Crippen LogP contribution in [0, 0.1) is 11.6 Å². The summed E-state index contributed by atoms with van der Waals surface area (Å²) >= 11 is 0.993. The first-order chi connectivity index (χ1) is 11.2. The molecule has 0 saturated heterocycles. The van der Waals surface area contributed by atoms with Crippen molar-refractivity contribution in [3.8, 4) is 0 Å². The number of hydrogen-bond acceptors (Lipinski definition) is 4. The highest BCUT2D eigenvalue weighted by Gasteiger charge is 2.18. The summed E-state index contributed by atoms with van der Waals surface area (Å²) in [6, 6.07) is 9.13. The minimum absolute atomic E-state index is 0.188. The number of ketones is 1. The summed E-state index contributed by atoms with van der Waals surface area (Å²) in [7, 11) is -3.39. The number of carbonyl (C=O) groups excluding carboxylic acids is 1. The minimum atomic E-state index is -3.39. The second-order valence-electron chi connectivity index (χ2n) is 5.15. The topological polar surface area (TPSA) is 63.2 Å². The van der Waals surface area contributed by atoms with Gasteiger partial charge in [-0.2, -0.15) is 0 Å². The Balaban J connectivity index is 2.10. The molecule has 0 saturated carbocycles. The Morgan fingerprint density at radius 3 is 2.29 bits per heavy atom. The summed E-state index contributed by atoms with van der Waals surface area (Å²) in [5.41, 5.74) is 0.718. The number of carbonyl (C=O) groups is 1. The van der Waals surface area contributed by atoms with Gasteiger partial charge in [0.2, 0.25) is 10.0 Å². The zero-order chi connectivity index (χ0) is 17.9. The molecule has 0 fully saturated rings. The van der Waals surface area contributed by atoms with Crippen LogP contribution in [0.5, 0.6) is 0 Å². The van der Waals surface area contributed by atoms with Gasteiger partial charge >= 0.3 is 0 Å². The lowest BCUT2D eigenvalue weighted by Crippen LogP contribution is -2.14. The molecule has 0 amide bonds. The molecule has 0 spiro atoms. The van der Waals surface area contributed by atoms with Gasteiger partial charge in [0.25, 0.3) is 0 Å². The van der Waals surface area contributed by atoms with E-state index in [4.69, 9.17) is 0 Å². The highest BCUT2D eigenvalue weighted by molar-refractivity contribution is 8.00. The number of Topliss-reactive ketones (excluding diaryl/α,β-unsaturated/α-hetero) is 1. The highest BCUT2D eigenvalue weighted by atomic mass is 32.2. The minimum Gasteiger partial charge on any atom is -0.293 e. The quantitative estimate of drug-likeness (QED) is 0.621. The lowest BCUT2D eigenvalue weighted by molar-refractivity contribution is 0.0994. The van der Waals surface area contributed by atoms with Gasteiger partial charge in [-0.3, -0.25) is 9.52 Å². The normalized spacial score (nSPS) is 12.7. The molecule has 128 valence electrons. The average molecular weight is 371 g/mol. The number of rotatable bonds is 6. The molecule has 1 N–H and O–H groups in total. The Kier molecular flexibility index (Phi) is 5.61. The molecule has 0 aliphatic carbocycles. The molecule has 24 heavy (non-hydrogen) atoms. The second kappa shape index (κ2) is 7.31. The molecule has 0 unspecified atom stereocenters. The van der Waals surface area contributed by atoms with Crippen LogP contribution in [0.25, 0.3) is 0 Å². The third-order valence-corrected chi connectivity index (χ3v) is 4.80. The summed E-state index contributed by atoms with van der Waals surface area (Å²) in [6.45, 7) is 1.62. The van der Waals surface area contributed by atoms with Crippen LogP contribution in [0.2, 0.25) is 0 Å². The summed E-state index contributed by atoms with van der Waals surface area (Å²) in [5.74, 6) is -1.63. The number of halogens is 2. The van der Waals surface area contributed by atoms with E-state index in [9.17, 15) is 22.0 Å². The van der Waals surface area contributed by atoms with Gasteiger partial charge in [0.1, 0.15) is 11.6 Å². The van der Waals surface area contributed by atoms with E-state index >= 15 is 0 Å². The number of nitrogens with one attached hydrogen (secondary N) is 1.